The Morgan fingerprint density at radius 2 is 1.63 bits per heavy atom. The topological polar surface area (TPSA) is 108 Å². The minimum atomic E-state index is -1.44. The first-order valence-corrected chi connectivity index (χ1v) is 8.67. The van der Waals surface area contributed by atoms with Crippen LogP contribution in [0.2, 0.25) is 0 Å². The second kappa shape index (κ2) is 8.46. The second-order valence-electron chi connectivity index (χ2n) is 6.18. The zero-order valence-electron chi connectivity index (χ0n) is 14.6. The van der Waals surface area contributed by atoms with Crippen molar-refractivity contribution in [2.24, 2.45) is 0 Å². The summed E-state index contributed by atoms with van der Waals surface area (Å²) in [6.45, 7) is 1.10. The molecule has 2 aromatic carbocycles. The van der Waals surface area contributed by atoms with Crippen LogP contribution in [0.5, 0.6) is 0 Å². The Balaban J connectivity index is 1.75. The lowest BCUT2D eigenvalue weighted by molar-refractivity contribution is -0.255. The molecule has 2 amide bonds. The maximum Gasteiger partial charge on any atom is 0.256 e. The van der Waals surface area contributed by atoms with E-state index in [9.17, 15) is 19.5 Å². The van der Waals surface area contributed by atoms with Crippen molar-refractivity contribution in [3.05, 3.63) is 65.2 Å². The molecule has 1 heterocycles. The van der Waals surface area contributed by atoms with Crippen molar-refractivity contribution in [1.29, 1.82) is 0 Å². The number of aromatic carboxylic acids is 1. The molecule has 1 aliphatic rings. The van der Waals surface area contributed by atoms with Crippen molar-refractivity contribution in [2.45, 2.75) is 18.9 Å². The van der Waals surface area contributed by atoms with Gasteiger partial charge in [-0.15, -0.1) is 0 Å². The first-order chi connectivity index (χ1) is 13.1. The van der Waals surface area contributed by atoms with E-state index in [2.05, 4.69) is 10.6 Å². The van der Waals surface area contributed by atoms with E-state index in [4.69, 9.17) is 4.74 Å². The van der Waals surface area contributed by atoms with E-state index in [1.807, 2.05) is 0 Å². The van der Waals surface area contributed by atoms with Crippen molar-refractivity contribution in [1.82, 2.24) is 5.32 Å². The number of rotatable bonds is 6. The molecule has 1 aliphatic heterocycles. The summed E-state index contributed by atoms with van der Waals surface area (Å²) in [5.74, 6) is -2.41. The molecule has 3 rings (SSSR count). The number of carbonyl (C=O) groups is 3. The normalized spacial score (nSPS) is 15.9. The van der Waals surface area contributed by atoms with Gasteiger partial charge in [-0.2, -0.15) is 0 Å². The predicted octanol–water partition coefficient (Wildman–Crippen LogP) is 1.21. The first-order valence-electron chi connectivity index (χ1n) is 8.67. The van der Waals surface area contributed by atoms with Gasteiger partial charge in [0.2, 0.25) is 0 Å². The fourth-order valence-electron chi connectivity index (χ4n) is 2.95. The fraction of sp³-hybridized carbons (Fsp3) is 0.250. The van der Waals surface area contributed by atoms with Crippen LogP contribution in [0.3, 0.4) is 0 Å². The molecule has 7 nitrogen and oxygen atoms in total. The summed E-state index contributed by atoms with van der Waals surface area (Å²) in [6, 6.07) is 12.3. The van der Waals surface area contributed by atoms with E-state index >= 15 is 0 Å². The third kappa shape index (κ3) is 4.51. The van der Waals surface area contributed by atoms with Crippen LogP contribution < -0.4 is 15.7 Å². The van der Waals surface area contributed by atoms with Crippen molar-refractivity contribution in [3.8, 4) is 0 Å². The maximum atomic E-state index is 12.5. The zero-order chi connectivity index (χ0) is 19.2. The monoisotopic (exact) mass is 367 g/mol. The average Bonchev–Trinajstić information content (AvgIpc) is 3.20. The smallest absolute Gasteiger partial charge is 0.256 e. The molecule has 27 heavy (non-hydrogen) atoms. The SMILES string of the molecule is O=C(NC[C@H]1CCCO1)c1ccccc1NC(=O)c1ccccc1C(=O)[O-]. The lowest BCUT2D eigenvalue weighted by Gasteiger charge is -2.15. The molecule has 0 aliphatic carbocycles. The number of carboxylic acid groups (broad SMARTS) is 1. The van der Waals surface area contributed by atoms with E-state index in [0.29, 0.717) is 18.8 Å². The summed E-state index contributed by atoms with van der Waals surface area (Å²) in [6.07, 6.45) is 1.88. The third-order valence-corrected chi connectivity index (χ3v) is 4.33. The molecule has 0 radical (unpaired) electrons. The van der Waals surface area contributed by atoms with E-state index < -0.39 is 11.9 Å². The van der Waals surface area contributed by atoms with Gasteiger partial charge in [0, 0.05) is 24.3 Å². The Morgan fingerprint density at radius 3 is 2.30 bits per heavy atom. The Bertz CT molecular complexity index is 859. The molecular weight excluding hydrogens is 348 g/mol. The Hall–Kier alpha value is -3.19. The minimum absolute atomic E-state index is 0.00523. The Labute approximate surface area is 156 Å². The lowest BCUT2D eigenvalue weighted by Crippen LogP contribution is -2.32. The highest BCUT2D eigenvalue weighted by molar-refractivity contribution is 6.12. The average molecular weight is 367 g/mol. The van der Waals surface area contributed by atoms with E-state index in [0.717, 1.165) is 12.8 Å². The number of ether oxygens (including phenoxy) is 1. The lowest BCUT2D eigenvalue weighted by atomic mass is 10.1. The van der Waals surface area contributed by atoms with Gasteiger partial charge in [0.1, 0.15) is 0 Å². The van der Waals surface area contributed by atoms with Crippen molar-refractivity contribution >= 4 is 23.5 Å². The number of anilines is 1. The molecule has 0 spiro atoms. The highest BCUT2D eigenvalue weighted by Gasteiger charge is 2.19. The summed E-state index contributed by atoms with van der Waals surface area (Å²) < 4.78 is 5.48. The summed E-state index contributed by atoms with van der Waals surface area (Å²) in [4.78, 5) is 36.2. The number of nitrogens with one attached hydrogen (secondary N) is 2. The van der Waals surface area contributed by atoms with Crippen LogP contribution in [-0.2, 0) is 4.74 Å². The van der Waals surface area contributed by atoms with Crippen LogP contribution in [0.1, 0.15) is 43.9 Å². The standard InChI is InChI=1S/C20H20N2O5/c23-18(21-12-13-6-5-11-27-13)16-9-3-4-10-17(16)22-19(24)14-7-1-2-8-15(14)20(25)26/h1-4,7-10,13H,5-6,11-12H2,(H,21,23)(H,22,24)(H,25,26)/p-1/t13-/m1/s1. The van der Waals surface area contributed by atoms with Crippen LogP contribution >= 0.6 is 0 Å². The van der Waals surface area contributed by atoms with Gasteiger partial charge >= 0.3 is 0 Å². The summed E-state index contributed by atoms with van der Waals surface area (Å²) in [5, 5.41) is 16.6. The second-order valence-corrected chi connectivity index (χ2v) is 6.18. The zero-order valence-corrected chi connectivity index (χ0v) is 14.6. The number of benzene rings is 2. The van der Waals surface area contributed by atoms with Crippen LogP contribution in [0, 0.1) is 0 Å². The van der Waals surface area contributed by atoms with Gasteiger partial charge in [-0.1, -0.05) is 30.3 Å². The van der Waals surface area contributed by atoms with E-state index in [-0.39, 0.29) is 28.7 Å². The number of para-hydroxylation sites is 1. The molecule has 0 saturated carbocycles. The molecule has 2 N–H and O–H groups in total. The van der Waals surface area contributed by atoms with Crippen molar-refractivity contribution in [3.63, 3.8) is 0 Å². The number of amides is 2. The van der Waals surface area contributed by atoms with Gasteiger partial charge in [-0.3, -0.25) is 9.59 Å². The molecule has 0 aromatic heterocycles. The van der Waals surface area contributed by atoms with Gasteiger partial charge in [0.05, 0.1) is 23.3 Å². The molecule has 0 bridgehead atoms. The highest BCUT2D eigenvalue weighted by Crippen LogP contribution is 2.18. The predicted molar refractivity (Wildman–Crippen MR) is 96.5 cm³/mol. The van der Waals surface area contributed by atoms with Crippen LogP contribution in [-0.4, -0.2) is 37.0 Å². The number of hydrogen-bond acceptors (Lipinski definition) is 5. The number of hydrogen-bond donors (Lipinski definition) is 2. The Morgan fingerprint density at radius 1 is 0.963 bits per heavy atom. The first kappa shape index (κ1) is 18.6. The number of carbonyl (C=O) groups excluding carboxylic acids is 3. The summed E-state index contributed by atoms with van der Waals surface area (Å²) in [7, 11) is 0. The van der Waals surface area contributed by atoms with Crippen molar-refractivity contribution < 1.29 is 24.2 Å². The molecule has 1 saturated heterocycles. The molecular formula is C20H19N2O5-. The van der Waals surface area contributed by atoms with Crippen molar-refractivity contribution in [2.75, 3.05) is 18.5 Å². The third-order valence-electron chi connectivity index (χ3n) is 4.33. The molecule has 1 fully saturated rings. The molecule has 140 valence electrons. The van der Waals surface area contributed by atoms with Gasteiger partial charge in [0.15, 0.2) is 0 Å². The quantitative estimate of drug-likeness (QED) is 0.798. The van der Waals surface area contributed by atoms with Crippen LogP contribution in [0.4, 0.5) is 5.69 Å². The van der Waals surface area contributed by atoms with Gasteiger partial charge < -0.3 is 25.3 Å². The fourth-order valence-corrected chi connectivity index (χ4v) is 2.95. The highest BCUT2D eigenvalue weighted by atomic mass is 16.5. The largest absolute Gasteiger partial charge is 0.545 e. The van der Waals surface area contributed by atoms with E-state index in [1.165, 1.54) is 18.2 Å². The van der Waals surface area contributed by atoms with Gasteiger partial charge in [-0.05, 0) is 31.0 Å². The summed E-state index contributed by atoms with van der Waals surface area (Å²) in [5.41, 5.74) is 0.331. The maximum absolute atomic E-state index is 12.5. The summed E-state index contributed by atoms with van der Waals surface area (Å²) >= 11 is 0. The van der Waals surface area contributed by atoms with Crippen LogP contribution in [0.15, 0.2) is 48.5 Å². The Kier molecular flexibility index (Phi) is 5.83. The molecule has 7 heteroatoms. The molecule has 0 unspecified atom stereocenters. The van der Waals surface area contributed by atoms with Crippen LogP contribution in [0.25, 0.3) is 0 Å². The number of carboxylic acids is 1. The molecule has 2 aromatic rings. The minimum Gasteiger partial charge on any atom is -0.545 e. The van der Waals surface area contributed by atoms with Gasteiger partial charge in [0.25, 0.3) is 11.8 Å². The van der Waals surface area contributed by atoms with E-state index in [1.54, 1.807) is 30.3 Å². The molecule has 1 atom stereocenters. The van der Waals surface area contributed by atoms with Gasteiger partial charge in [-0.25, -0.2) is 0 Å².